The van der Waals surface area contributed by atoms with Gasteiger partial charge in [-0.15, -0.1) is 0 Å². The van der Waals surface area contributed by atoms with Crippen LogP contribution in [0.4, 0.5) is 4.39 Å². The van der Waals surface area contributed by atoms with Crippen molar-refractivity contribution in [3.05, 3.63) is 64.5 Å². The summed E-state index contributed by atoms with van der Waals surface area (Å²) in [7, 11) is 3.60. The molecule has 0 bridgehead atoms. The average Bonchev–Trinajstić information content (AvgIpc) is 2.45. The predicted molar refractivity (Wildman–Crippen MR) is 84.4 cm³/mol. The van der Waals surface area contributed by atoms with E-state index in [2.05, 4.69) is 17.4 Å². The molecule has 3 heteroatoms. The van der Waals surface area contributed by atoms with Gasteiger partial charge in [0.2, 0.25) is 0 Å². The summed E-state index contributed by atoms with van der Waals surface area (Å²) in [6.07, 6.45) is 0.855. The van der Waals surface area contributed by atoms with Crippen molar-refractivity contribution in [2.45, 2.75) is 26.3 Å². The number of likely N-dealkylation sites (N-methyl/N-ethyl adjacent to an activating group) is 1. The summed E-state index contributed by atoms with van der Waals surface area (Å²) in [5.41, 5.74) is 4.37. The highest BCUT2D eigenvalue weighted by atomic mass is 19.1. The molecule has 1 N–H and O–H groups in total. The van der Waals surface area contributed by atoms with Crippen molar-refractivity contribution in [1.29, 1.82) is 0 Å². The molecule has 1 unspecified atom stereocenters. The first-order chi connectivity index (χ1) is 10.0. The summed E-state index contributed by atoms with van der Waals surface area (Å²) in [5, 5.41) is 3.34. The van der Waals surface area contributed by atoms with E-state index in [1.54, 1.807) is 19.2 Å². The van der Waals surface area contributed by atoms with E-state index in [1.165, 1.54) is 11.1 Å². The van der Waals surface area contributed by atoms with Crippen molar-refractivity contribution >= 4 is 0 Å². The number of nitrogens with one attached hydrogen (secondary N) is 1. The molecule has 0 aliphatic heterocycles. The zero-order chi connectivity index (χ0) is 15.4. The summed E-state index contributed by atoms with van der Waals surface area (Å²) < 4.78 is 18.6. The van der Waals surface area contributed by atoms with Crippen molar-refractivity contribution in [3.63, 3.8) is 0 Å². The highest BCUT2D eigenvalue weighted by Gasteiger charge is 2.16. The molecule has 2 nitrogen and oxygen atoms in total. The number of hydrogen-bond acceptors (Lipinski definition) is 2. The number of aryl methyl sites for hydroxylation is 2. The van der Waals surface area contributed by atoms with E-state index in [9.17, 15) is 4.39 Å². The Morgan fingerprint density at radius 2 is 1.67 bits per heavy atom. The topological polar surface area (TPSA) is 21.3 Å². The zero-order valence-corrected chi connectivity index (χ0v) is 13.0. The van der Waals surface area contributed by atoms with Crippen molar-refractivity contribution in [1.82, 2.24) is 5.32 Å². The van der Waals surface area contributed by atoms with Gasteiger partial charge < -0.3 is 10.1 Å². The fraction of sp³-hybridized carbons (Fsp3) is 0.333. The fourth-order valence-electron chi connectivity index (χ4n) is 2.82. The molecule has 0 fully saturated rings. The molecule has 0 saturated carbocycles. The maximum absolute atomic E-state index is 13.5. The zero-order valence-electron chi connectivity index (χ0n) is 13.0. The normalized spacial score (nSPS) is 12.2. The lowest BCUT2D eigenvalue weighted by atomic mass is 9.91. The van der Waals surface area contributed by atoms with Gasteiger partial charge in [-0.2, -0.15) is 0 Å². The number of rotatable bonds is 5. The second kappa shape index (κ2) is 6.72. The summed E-state index contributed by atoms with van der Waals surface area (Å²) in [5.74, 6) is 0.682. The van der Waals surface area contributed by atoms with Gasteiger partial charge in [0.1, 0.15) is 11.6 Å². The monoisotopic (exact) mass is 287 g/mol. The fourth-order valence-corrected chi connectivity index (χ4v) is 2.82. The van der Waals surface area contributed by atoms with Gasteiger partial charge in [-0.25, -0.2) is 4.39 Å². The Morgan fingerprint density at radius 1 is 1.10 bits per heavy atom. The summed E-state index contributed by atoms with van der Waals surface area (Å²) in [6, 6.07) is 11.4. The Kier molecular flexibility index (Phi) is 4.97. The Balaban J connectivity index is 2.27. The van der Waals surface area contributed by atoms with Gasteiger partial charge in [-0.3, -0.25) is 0 Å². The van der Waals surface area contributed by atoms with E-state index in [0.29, 0.717) is 0 Å². The number of benzene rings is 2. The third kappa shape index (κ3) is 3.61. The molecule has 0 amide bonds. The number of halogens is 1. The van der Waals surface area contributed by atoms with Gasteiger partial charge in [0, 0.05) is 6.04 Å². The van der Waals surface area contributed by atoms with Crippen LogP contribution in [-0.2, 0) is 6.42 Å². The van der Waals surface area contributed by atoms with Crippen molar-refractivity contribution in [2.75, 3.05) is 14.2 Å². The van der Waals surface area contributed by atoms with Gasteiger partial charge in [0.25, 0.3) is 0 Å². The number of hydrogen-bond donors (Lipinski definition) is 1. The molecule has 0 radical (unpaired) electrons. The Bertz CT molecular complexity index is 584. The Labute approximate surface area is 126 Å². The smallest absolute Gasteiger partial charge is 0.123 e. The molecule has 1 atom stereocenters. The molecule has 2 aromatic carbocycles. The molecule has 0 spiro atoms. The van der Waals surface area contributed by atoms with Crippen LogP contribution >= 0.6 is 0 Å². The summed E-state index contributed by atoms with van der Waals surface area (Å²) in [4.78, 5) is 0. The Hall–Kier alpha value is -1.87. The molecule has 0 aromatic heterocycles. The summed E-state index contributed by atoms with van der Waals surface area (Å²) in [6.45, 7) is 3.92. The minimum absolute atomic E-state index is 0.166. The molecule has 0 aliphatic carbocycles. The van der Waals surface area contributed by atoms with Gasteiger partial charge in [0.15, 0.2) is 0 Å². The van der Waals surface area contributed by atoms with E-state index >= 15 is 0 Å². The van der Waals surface area contributed by atoms with Crippen LogP contribution in [0.15, 0.2) is 36.4 Å². The van der Waals surface area contributed by atoms with Crippen molar-refractivity contribution in [2.24, 2.45) is 0 Å². The van der Waals surface area contributed by atoms with E-state index in [-0.39, 0.29) is 11.9 Å². The highest BCUT2D eigenvalue weighted by molar-refractivity contribution is 5.38. The van der Waals surface area contributed by atoms with Crippen LogP contribution in [0.2, 0.25) is 0 Å². The van der Waals surface area contributed by atoms with Gasteiger partial charge in [-0.1, -0.05) is 12.1 Å². The van der Waals surface area contributed by atoms with Crippen LogP contribution in [0.3, 0.4) is 0 Å². The van der Waals surface area contributed by atoms with E-state index < -0.39 is 0 Å². The first-order valence-electron chi connectivity index (χ1n) is 7.12. The molecule has 2 aromatic rings. The maximum atomic E-state index is 13.5. The largest absolute Gasteiger partial charge is 0.497 e. The standard InChI is InChI=1S/C18H22FNO/c1-12-9-15(19)10-13(2)18(12)17(20-3)11-14-5-7-16(21-4)8-6-14/h5-10,17,20H,11H2,1-4H3. The van der Waals surface area contributed by atoms with Crippen LogP contribution in [-0.4, -0.2) is 14.2 Å². The van der Waals surface area contributed by atoms with Crippen molar-refractivity contribution < 1.29 is 9.13 Å². The van der Waals surface area contributed by atoms with Crippen LogP contribution in [0.5, 0.6) is 5.75 Å². The average molecular weight is 287 g/mol. The van der Waals surface area contributed by atoms with Gasteiger partial charge in [0.05, 0.1) is 7.11 Å². The molecular formula is C18H22FNO. The lowest BCUT2D eigenvalue weighted by Gasteiger charge is -2.21. The number of ether oxygens (including phenoxy) is 1. The third-order valence-electron chi connectivity index (χ3n) is 3.85. The maximum Gasteiger partial charge on any atom is 0.123 e. The first kappa shape index (κ1) is 15.5. The molecule has 2 rings (SSSR count). The second-order valence-electron chi connectivity index (χ2n) is 5.35. The molecule has 0 aliphatic rings. The van der Waals surface area contributed by atoms with E-state index in [0.717, 1.165) is 23.3 Å². The first-order valence-corrected chi connectivity index (χ1v) is 7.12. The lowest BCUT2D eigenvalue weighted by molar-refractivity contribution is 0.414. The minimum Gasteiger partial charge on any atom is -0.497 e. The second-order valence-corrected chi connectivity index (χ2v) is 5.35. The van der Waals surface area contributed by atoms with Crippen LogP contribution < -0.4 is 10.1 Å². The van der Waals surface area contributed by atoms with Gasteiger partial charge in [-0.05, 0) is 73.8 Å². The van der Waals surface area contributed by atoms with Crippen molar-refractivity contribution in [3.8, 4) is 5.75 Å². The minimum atomic E-state index is -0.173. The van der Waals surface area contributed by atoms with Crippen LogP contribution in [0.1, 0.15) is 28.3 Å². The highest BCUT2D eigenvalue weighted by Crippen LogP contribution is 2.26. The lowest BCUT2D eigenvalue weighted by Crippen LogP contribution is -2.21. The van der Waals surface area contributed by atoms with Crippen LogP contribution in [0, 0.1) is 19.7 Å². The number of methoxy groups -OCH3 is 1. The summed E-state index contributed by atoms with van der Waals surface area (Å²) >= 11 is 0. The predicted octanol–water partition coefficient (Wildman–Crippen LogP) is 3.95. The third-order valence-corrected chi connectivity index (χ3v) is 3.85. The van der Waals surface area contributed by atoms with Crippen LogP contribution in [0.25, 0.3) is 0 Å². The molecule has 0 saturated heterocycles. The van der Waals surface area contributed by atoms with Gasteiger partial charge >= 0.3 is 0 Å². The molecule has 0 heterocycles. The van der Waals surface area contributed by atoms with E-state index in [1.807, 2.05) is 33.0 Å². The SMILES string of the molecule is CNC(Cc1ccc(OC)cc1)c1c(C)cc(F)cc1C. The molecule has 21 heavy (non-hydrogen) atoms. The molecule has 112 valence electrons. The van der Waals surface area contributed by atoms with E-state index in [4.69, 9.17) is 4.74 Å². The molecular weight excluding hydrogens is 265 g/mol. The Morgan fingerprint density at radius 3 is 2.14 bits per heavy atom. The quantitative estimate of drug-likeness (QED) is 0.899.